The van der Waals surface area contributed by atoms with E-state index < -0.39 is 16.1 Å². The van der Waals surface area contributed by atoms with Crippen LogP contribution in [-0.4, -0.2) is 39.2 Å². The van der Waals surface area contributed by atoms with Gasteiger partial charge in [-0.05, 0) is 43.5 Å². The van der Waals surface area contributed by atoms with E-state index in [-0.39, 0.29) is 11.2 Å². The maximum atomic E-state index is 13.0. The first-order valence-corrected chi connectivity index (χ1v) is 14.5. The van der Waals surface area contributed by atoms with E-state index in [0.29, 0.717) is 40.7 Å². The maximum Gasteiger partial charge on any atom is 0.280 e. The third-order valence-corrected chi connectivity index (χ3v) is 9.44. The molecule has 1 aliphatic carbocycles. The van der Waals surface area contributed by atoms with Crippen LogP contribution in [0.25, 0.3) is 16.0 Å². The number of sulfonamides is 1. The van der Waals surface area contributed by atoms with Crippen LogP contribution in [0.2, 0.25) is 5.02 Å². The molecule has 1 amide bonds. The lowest BCUT2D eigenvalue weighted by Crippen LogP contribution is -2.29. The van der Waals surface area contributed by atoms with E-state index in [4.69, 9.17) is 11.6 Å². The number of nitrogens with zero attached hydrogens (tertiary/aromatic N) is 4. The second-order valence-electron chi connectivity index (χ2n) is 8.72. The van der Waals surface area contributed by atoms with Crippen molar-refractivity contribution in [3.63, 3.8) is 0 Å². The summed E-state index contributed by atoms with van der Waals surface area (Å²) < 4.78 is 29.8. The van der Waals surface area contributed by atoms with Gasteiger partial charge < -0.3 is 5.32 Å². The van der Waals surface area contributed by atoms with Crippen molar-refractivity contribution in [3.8, 4) is 10.4 Å². The maximum absolute atomic E-state index is 13.0. The lowest BCUT2D eigenvalue weighted by Gasteiger charge is -2.18. The van der Waals surface area contributed by atoms with Crippen LogP contribution in [0.1, 0.15) is 60.6 Å². The summed E-state index contributed by atoms with van der Waals surface area (Å²) in [6.07, 6.45) is 10.5. The van der Waals surface area contributed by atoms with Crippen molar-refractivity contribution in [2.45, 2.75) is 50.3 Å². The molecule has 5 rings (SSSR count). The van der Waals surface area contributed by atoms with Crippen molar-refractivity contribution in [2.24, 2.45) is 0 Å². The highest BCUT2D eigenvalue weighted by Gasteiger charge is 2.29. The van der Waals surface area contributed by atoms with Crippen LogP contribution in [0.4, 0.5) is 5.69 Å². The number of fused-ring (bicyclic) bond motifs is 1. The number of nitrogens with one attached hydrogen (secondary N) is 2. The minimum atomic E-state index is -3.45. The molecule has 0 bridgehead atoms. The van der Waals surface area contributed by atoms with Crippen molar-refractivity contribution < 1.29 is 13.2 Å². The molecular weight excluding hydrogens is 520 g/mol. The quantitative estimate of drug-likeness (QED) is 0.319. The Hall–Kier alpha value is -3.02. The average molecular weight is 545 g/mol. The molecule has 188 valence electrons. The predicted molar refractivity (Wildman–Crippen MR) is 141 cm³/mol. The van der Waals surface area contributed by atoms with Gasteiger partial charge in [0.2, 0.25) is 10.0 Å². The third-order valence-electron chi connectivity index (χ3n) is 6.30. The van der Waals surface area contributed by atoms with Gasteiger partial charge in [-0.15, -0.1) is 11.3 Å². The summed E-state index contributed by atoms with van der Waals surface area (Å²) in [6.45, 7) is 1.93. The molecule has 1 atom stereocenters. The number of halogens is 1. The number of aromatic nitrogens is 4. The fourth-order valence-corrected chi connectivity index (χ4v) is 6.98. The zero-order valence-electron chi connectivity index (χ0n) is 19.5. The Morgan fingerprint density at radius 2 is 2.03 bits per heavy atom. The minimum absolute atomic E-state index is 0.308. The molecule has 0 aliphatic heterocycles. The number of hydrogen-bond acceptors (Lipinski definition) is 7. The van der Waals surface area contributed by atoms with Gasteiger partial charge in [0.25, 0.3) is 5.91 Å². The summed E-state index contributed by atoms with van der Waals surface area (Å²) in [6, 6.07) is 6.47. The summed E-state index contributed by atoms with van der Waals surface area (Å²) in [7, 11) is -3.45. The molecule has 1 aliphatic rings. The molecule has 2 N–H and O–H groups in total. The first kappa shape index (κ1) is 24.7. The monoisotopic (exact) mass is 544 g/mol. The van der Waals surface area contributed by atoms with Crippen LogP contribution >= 0.6 is 22.9 Å². The summed E-state index contributed by atoms with van der Waals surface area (Å²) in [4.78, 5) is 22.5. The van der Waals surface area contributed by atoms with Crippen LogP contribution in [0.3, 0.4) is 0 Å². The molecule has 36 heavy (non-hydrogen) atoms. The molecule has 4 aromatic rings. The normalized spacial score (nSPS) is 15.3. The highest BCUT2D eigenvalue weighted by Crippen LogP contribution is 2.31. The largest absolute Gasteiger partial charge is 0.342 e. The van der Waals surface area contributed by atoms with Gasteiger partial charge >= 0.3 is 0 Å². The van der Waals surface area contributed by atoms with E-state index in [2.05, 4.69) is 25.1 Å². The van der Waals surface area contributed by atoms with Gasteiger partial charge in [0.15, 0.2) is 5.01 Å². The fourth-order valence-electron chi connectivity index (χ4n) is 4.40. The molecule has 1 fully saturated rings. The molecule has 0 radical (unpaired) electrons. The highest BCUT2D eigenvalue weighted by atomic mass is 35.5. The van der Waals surface area contributed by atoms with E-state index in [0.717, 1.165) is 28.8 Å². The second-order valence-corrected chi connectivity index (χ2v) is 12.1. The van der Waals surface area contributed by atoms with Crippen molar-refractivity contribution in [2.75, 3.05) is 4.72 Å². The zero-order chi connectivity index (χ0) is 25.3. The van der Waals surface area contributed by atoms with Crippen LogP contribution in [0.5, 0.6) is 0 Å². The second kappa shape index (κ2) is 10.2. The first-order valence-electron chi connectivity index (χ1n) is 11.7. The molecule has 4 aromatic heterocycles. The molecule has 0 spiro atoms. The Bertz CT molecular complexity index is 1510. The van der Waals surface area contributed by atoms with Gasteiger partial charge in [-0.2, -0.15) is 5.10 Å². The lowest BCUT2D eigenvalue weighted by atomic mass is 10.1. The van der Waals surface area contributed by atoms with Crippen LogP contribution < -0.4 is 10.0 Å². The van der Waals surface area contributed by atoms with E-state index in [1.54, 1.807) is 47.5 Å². The summed E-state index contributed by atoms with van der Waals surface area (Å²) in [5.74, 6) is -0.327. The average Bonchev–Trinajstić information content (AvgIpc) is 3.63. The number of carbonyl (C=O) groups is 1. The standard InChI is InChI=1S/C24H25ClN6O3S2/c1-2-19(20-12-16(7-9-26-20)30-36(33,34)17-5-3-4-6-17)29-23(32)24-27-14-22(35-24)18-13-28-31-10-8-15(25)11-21(18)31/h7-14,17,19H,2-6H2,1H3,(H,26,30)(H,29,32)/t19-/m0/s1. The van der Waals surface area contributed by atoms with Gasteiger partial charge in [0.05, 0.1) is 39.3 Å². The number of carbonyl (C=O) groups excluding carboxylic acids is 1. The van der Waals surface area contributed by atoms with Crippen molar-refractivity contribution in [1.82, 2.24) is 24.9 Å². The number of amides is 1. The molecule has 0 aromatic carbocycles. The molecule has 0 unspecified atom stereocenters. The van der Waals surface area contributed by atoms with Gasteiger partial charge in [-0.3, -0.25) is 14.5 Å². The molecule has 12 heteroatoms. The Morgan fingerprint density at radius 3 is 2.81 bits per heavy atom. The van der Waals surface area contributed by atoms with Crippen LogP contribution in [-0.2, 0) is 10.0 Å². The van der Waals surface area contributed by atoms with Crippen molar-refractivity contribution in [1.29, 1.82) is 0 Å². The molecule has 0 saturated heterocycles. The number of pyridine rings is 2. The molecule has 9 nitrogen and oxygen atoms in total. The van der Waals surface area contributed by atoms with Gasteiger partial charge in [-0.1, -0.05) is 31.4 Å². The summed E-state index contributed by atoms with van der Waals surface area (Å²) >= 11 is 7.40. The Balaban J connectivity index is 1.31. The van der Waals surface area contributed by atoms with E-state index in [1.807, 2.05) is 13.0 Å². The van der Waals surface area contributed by atoms with Gasteiger partial charge in [-0.25, -0.2) is 17.9 Å². The van der Waals surface area contributed by atoms with Crippen LogP contribution in [0.15, 0.2) is 49.1 Å². The summed E-state index contributed by atoms with van der Waals surface area (Å²) in [5, 5.41) is 7.85. The number of anilines is 1. The Labute approximate surface area is 218 Å². The fraction of sp³-hybridized carbons (Fsp3) is 0.333. The van der Waals surface area contributed by atoms with Gasteiger partial charge in [0.1, 0.15) is 0 Å². The number of hydrogen-bond donors (Lipinski definition) is 2. The smallest absolute Gasteiger partial charge is 0.280 e. The Kier molecular flexibility index (Phi) is 6.96. The highest BCUT2D eigenvalue weighted by molar-refractivity contribution is 7.93. The Morgan fingerprint density at radius 1 is 1.22 bits per heavy atom. The molecule has 1 saturated carbocycles. The summed E-state index contributed by atoms with van der Waals surface area (Å²) in [5.41, 5.74) is 2.69. The van der Waals surface area contributed by atoms with Crippen LogP contribution in [0, 0.1) is 0 Å². The van der Waals surface area contributed by atoms with E-state index in [9.17, 15) is 13.2 Å². The van der Waals surface area contributed by atoms with Crippen molar-refractivity contribution >= 4 is 50.1 Å². The molecular formula is C24H25ClN6O3S2. The number of thiazole rings is 1. The number of rotatable bonds is 8. The first-order chi connectivity index (χ1) is 17.3. The van der Waals surface area contributed by atoms with E-state index >= 15 is 0 Å². The molecule has 4 heterocycles. The predicted octanol–water partition coefficient (Wildman–Crippen LogP) is 5.07. The minimum Gasteiger partial charge on any atom is -0.342 e. The van der Waals surface area contributed by atoms with E-state index in [1.165, 1.54) is 11.3 Å². The van der Waals surface area contributed by atoms with Crippen molar-refractivity contribution in [3.05, 3.63) is 64.8 Å². The zero-order valence-corrected chi connectivity index (χ0v) is 21.9. The lowest BCUT2D eigenvalue weighted by molar-refractivity contribution is 0.0934. The van der Waals surface area contributed by atoms with Gasteiger partial charge in [0, 0.05) is 29.2 Å². The SMILES string of the molecule is CC[C@H](NC(=O)c1ncc(-c2cnn3ccc(Cl)cc23)s1)c1cc(NS(=O)(=O)C2CCCC2)ccn1. The third kappa shape index (κ3) is 5.09. The topological polar surface area (TPSA) is 118 Å².